The molecule has 1 saturated heterocycles. The van der Waals surface area contributed by atoms with Crippen molar-refractivity contribution in [1.29, 1.82) is 0 Å². The third kappa shape index (κ3) is 4.48. The molecule has 3 aromatic rings. The van der Waals surface area contributed by atoms with Crippen LogP contribution in [0.4, 0.5) is 10.2 Å². The standard InChI is InChI=1S/C25H29BFN5O4/c1-15-9-10-34-20-12-18(27)17(26-35-24(2,3)25(4,5)36-26)11-16(20)23(33)30-21-8-6-7-19(29-21)22-31-28-14-32(22)13-15/h6-8,11-12,14-15H,9-10,13H2,1-5H3,(H,29,30,33). The normalized spacial score (nSPS) is 21.1. The number of rotatable bonds is 1. The van der Waals surface area contributed by atoms with Crippen LogP contribution in [0, 0.1) is 11.7 Å². The number of hydrogen-bond donors (Lipinski definition) is 1. The summed E-state index contributed by atoms with van der Waals surface area (Å²) in [5.41, 5.74) is -0.424. The zero-order valence-electron chi connectivity index (χ0n) is 21.0. The number of fused-ring (bicyclic) bond motifs is 5. The number of carbonyl (C=O) groups is 1. The molecule has 1 aromatic carbocycles. The quantitative estimate of drug-likeness (QED) is 0.519. The van der Waals surface area contributed by atoms with Gasteiger partial charge in [-0.3, -0.25) is 4.79 Å². The molecule has 188 valence electrons. The van der Waals surface area contributed by atoms with Crippen molar-refractivity contribution in [2.75, 3.05) is 11.9 Å². The fraction of sp³-hybridized carbons (Fsp3) is 0.440. The highest BCUT2D eigenvalue weighted by Crippen LogP contribution is 2.37. The van der Waals surface area contributed by atoms with Gasteiger partial charge < -0.3 is 23.9 Å². The topological polar surface area (TPSA) is 100 Å². The van der Waals surface area contributed by atoms with Crippen LogP contribution in [0.25, 0.3) is 11.5 Å². The number of pyridine rings is 1. The number of nitrogens with zero attached hydrogens (tertiary/aromatic N) is 4. The molecule has 0 saturated carbocycles. The lowest BCUT2D eigenvalue weighted by molar-refractivity contribution is 0.00578. The van der Waals surface area contributed by atoms with Crippen LogP contribution in [0.1, 0.15) is 51.4 Å². The summed E-state index contributed by atoms with van der Waals surface area (Å²) < 4.78 is 35.3. The van der Waals surface area contributed by atoms with E-state index in [9.17, 15) is 4.79 Å². The van der Waals surface area contributed by atoms with Crippen molar-refractivity contribution < 1.29 is 23.2 Å². The molecule has 2 aromatic heterocycles. The van der Waals surface area contributed by atoms with Gasteiger partial charge in [0, 0.05) is 18.1 Å². The first-order valence-corrected chi connectivity index (χ1v) is 12.0. The van der Waals surface area contributed by atoms with E-state index in [4.69, 9.17) is 14.0 Å². The largest absolute Gasteiger partial charge is 0.497 e. The van der Waals surface area contributed by atoms with E-state index in [1.165, 1.54) is 12.1 Å². The van der Waals surface area contributed by atoms with Crippen LogP contribution in [0.15, 0.2) is 36.7 Å². The second-order valence-electron chi connectivity index (χ2n) is 10.4. The monoisotopic (exact) mass is 493 g/mol. The number of aromatic nitrogens is 4. The SMILES string of the molecule is CC1CCOc2cc(F)c(B3OC(C)(C)C(C)(C)O3)cc2C(=O)Nc2cccc(n2)-c2nncn2C1. The Bertz CT molecular complexity index is 1300. The molecule has 1 amide bonds. The molecule has 9 nitrogen and oxygen atoms in total. The molecule has 11 heteroatoms. The van der Waals surface area contributed by atoms with Gasteiger partial charge in [-0.15, -0.1) is 10.2 Å². The predicted molar refractivity (Wildman–Crippen MR) is 133 cm³/mol. The van der Waals surface area contributed by atoms with Crippen molar-refractivity contribution in [2.45, 2.75) is 58.8 Å². The van der Waals surface area contributed by atoms with Crippen molar-refractivity contribution in [3.05, 3.63) is 48.0 Å². The minimum absolute atomic E-state index is 0.135. The van der Waals surface area contributed by atoms with E-state index in [0.717, 1.165) is 0 Å². The molecule has 36 heavy (non-hydrogen) atoms. The first-order chi connectivity index (χ1) is 17.0. The molecule has 0 aliphatic carbocycles. The number of ether oxygens (including phenoxy) is 1. The van der Waals surface area contributed by atoms with E-state index in [1.54, 1.807) is 18.5 Å². The molecule has 4 heterocycles. The Morgan fingerprint density at radius 2 is 1.92 bits per heavy atom. The summed E-state index contributed by atoms with van der Waals surface area (Å²) in [6.45, 7) is 10.6. The molecular weight excluding hydrogens is 464 g/mol. The highest BCUT2D eigenvalue weighted by molar-refractivity contribution is 6.62. The Labute approximate surface area is 209 Å². The van der Waals surface area contributed by atoms with Crippen molar-refractivity contribution in [2.24, 2.45) is 5.92 Å². The first-order valence-electron chi connectivity index (χ1n) is 12.0. The van der Waals surface area contributed by atoms with Gasteiger partial charge in [-0.05, 0) is 58.2 Å². The maximum absolute atomic E-state index is 15.3. The predicted octanol–water partition coefficient (Wildman–Crippen LogP) is 3.45. The van der Waals surface area contributed by atoms with Crippen LogP contribution in [-0.4, -0.2) is 50.6 Å². The van der Waals surface area contributed by atoms with Gasteiger partial charge in [0.05, 0.1) is 23.4 Å². The lowest BCUT2D eigenvalue weighted by atomic mass is 9.77. The van der Waals surface area contributed by atoms with E-state index < -0.39 is 30.0 Å². The fourth-order valence-electron chi connectivity index (χ4n) is 4.22. The van der Waals surface area contributed by atoms with E-state index in [1.807, 2.05) is 38.3 Å². The molecule has 0 radical (unpaired) electrons. The van der Waals surface area contributed by atoms with Crippen LogP contribution >= 0.6 is 0 Å². The zero-order chi connectivity index (χ0) is 25.7. The molecule has 1 unspecified atom stereocenters. The van der Waals surface area contributed by atoms with Gasteiger partial charge in [0.15, 0.2) is 5.82 Å². The van der Waals surface area contributed by atoms with Gasteiger partial charge in [0.2, 0.25) is 0 Å². The van der Waals surface area contributed by atoms with Crippen molar-refractivity contribution in [3.63, 3.8) is 0 Å². The smallest absolute Gasteiger partial charge is 0.493 e. The third-order valence-electron chi connectivity index (χ3n) is 7.06. The molecule has 5 rings (SSSR count). The summed E-state index contributed by atoms with van der Waals surface area (Å²) in [4.78, 5) is 18.0. The number of hydrogen-bond acceptors (Lipinski definition) is 7. The van der Waals surface area contributed by atoms with Gasteiger partial charge in [0.25, 0.3) is 5.91 Å². The number of carbonyl (C=O) groups excluding carboxylic acids is 1. The summed E-state index contributed by atoms with van der Waals surface area (Å²) in [5.74, 6) is 0.237. The summed E-state index contributed by atoms with van der Waals surface area (Å²) in [6, 6.07) is 7.95. The van der Waals surface area contributed by atoms with Gasteiger partial charge in [0.1, 0.15) is 29.4 Å². The zero-order valence-corrected chi connectivity index (χ0v) is 21.0. The van der Waals surface area contributed by atoms with E-state index in [2.05, 4.69) is 27.4 Å². The molecule has 0 spiro atoms. The second kappa shape index (κ2) is 8.97. The first kappa shape index (κ1) is 24.4. The molecule has 1 N–H and O–H groups in total. The molecule has 2 aliphatic heterocycles. The molecule has 1 fully saturated rings. The summed E-state index contributed by atoms with van der Waals surface area (Å²) >= 11 is 0. The van der Waals surface area contributed by atoms with Gasteiger partial charge in [-0.2, -0.15) is 0 Å². The van der Waals surface area contributed by atoms with E-state index in [0.29, 0.717) is 36.9 Å². The second-order valence-corrected chi connectivity index (χ2v) is 10.4. The molecule has 1 atom stereocenters. The maximum Gasteiger partial charge on any atom is 0.497 e. The van der Waals surface area contributed by atoms with Crippen molar-refractivity contribution in [3.8, 4) is 17.3 Å². The van der Waals surface area contributed by atoms with Crippen LogP contribution in [0.3, 0.4) is 0 Å². The molecular formula is C25H29BFN5O4. The Kier molecular flexibility index (Phi) is 6.08. The van der Waals surface area contributed by atoms with Crippen molar-refractivity contribution in [1.82, 2.24) is 19.7 Å². The van der Waals surface area contributed by atoms with Crippen LogP contribution in [0.5, 0.6) is 5.75 Å². The summed E-state index contributed by atoms with van der Waals surface area (Å²) in [6.07, 6.45) is 2.33. The maximum atomic E-state index is 15.3. The third-order valence-corrected chi connectivity index (χ3v) is 7.06. The minimum atomic E-state index is -0.964. The average molecular weight is 493 g/mol. The summed E-state index contributed by atoms with van der Waals surface area (Å²) in [5, 5.41) is 11.1. The molecule has 2 aliphatic rings. The minimum Gasteiger partial charge on any atom is -0.493 e. The summed E-state index contributed by atoms with van der Waals surface area (Å²) in [7, 11) is -0.964. The van der Waals surface area contributed by atoms with Crippen LogP contribution in [0.2, 0.25) is 0 Å². The van der Waals surface area contributed by atoms with Gasteiger partial charge in [-0.25, -0.2) is 9.37 Å². The number of halogens is 1. The fourth-order valence-corrected chi connectivity index (χ4v) is 4.22. The number of benzene rings is 1. The Balaban J connectivity index is 1.54. The number of anilines is 1. The molecule has 2 bridgehead atoms. The van der Waals surface area contributed by atoms with Crippen molar-refractivity contribution >= 4 is 24.3 Å². The van der Waals surface area contributed by atoms with Crippen LogP contribution in [-0.2, 0) is 15.9 Å². The lowest BCUT2D eigenvalue weighted by Crippen LogP contribution is -2.41. The van der Waals surface area contributed by atoms with Gasteiger partial charge in [-0.1, -0.05) is 13.0 Å². The number of nitrogens with one attached hydrogen (secondary N) is 1. The van der Waals surface area contributed by atoms with E-state index >= 15 is 4.39 Å². The highest BCUT2D eigenvalue weighted by Gasteiger charge is 2.52. The average Bonchev–Trinajstić information content (AvgIpc) is 3.34. The Morgan fingerprint density at radius 1 is 1.17 bits per heavy atom. The Hall–Kier alpha value is -3.31. The van der Waals surface area contributed by atoms with Crippen LogP contribution < -0.4 is 15.5 Å². The van der Waals surface area contributed by atoms with E-state index in [-0.39, 0.29) is 22.7 Å². The Morgan fingerprint density at radius 3 is 2.67 bits per heavy atom. The lowest BCUT2D eigenvalue weighted by Gasteiger charge is -2.32. The number of amides is 1. The van der Waals surface area contributed by atoms with Gasteiger partial charge >= 0.3 is 7.12 Å². The highest BCUT2D eigenvalue weighted by atomic mass is 19.1.